The van der Waals surface area contributed by atoms with Crippen molar-refractivity contribution >= 4 is 15.9 Å². The van der Waals surface area contributed by atoms with Gasteiger partial charge < -0.3 is 19.1 Å². The van der Waals surface area contributed by atoms with Gasteiger partial charge in [0, 0.05) is 39.3 Å². The van der Waals surface area contributed by atoms with Crippen LogP contribution in [0.1, 0.15) is 18.1 Å². The molecule has 0 aromatic heterocycles. The van der Waals surface area contributed by atoms with E-state index in [2.05, 4.69) is 4.90 Å². The van der Waals surface area contributed by atoms with E-state index in [9.17, 15) is 13.2 Å². The fraction of sp³-hybridized carbons (Fsp3) is 0.458. The van der Waals surface area contributed by atoms with Crippen LogP contribution in [0.5, 0.6) is 17.2 Å². The molecule has 0 saturated carbocycles. The van der Waals surface area contributed by atoms with Gasteiger partial charge in [0.25, 0.3) is 0 Å². The van der Waals surface area contributed by atoms with Gasteiger partial charge in [0.15, 0.2) is 11.5 Å². The Balaban J connectivity index is 1.36. The van der Waals surface area contributed by atoms with Crippen LogP contribution in [0, 0.1) is 6.92 Å². The predicted octanol–water partition coefficient (Wildman–Crippen LogP) is 2.09. The Morgan fingerprint density at radius 3 is 2.50 bits per heavy atom. The lowest BCUT2D eigenvalue weighted by Crippen LogP contribution is -2.51. The number of piperazine rings is 1. The zero-order valence-electron chi connectivity index (χ0n) is 19.8. The van der Waals surface area contributed by atoms with Gasteiger partial charge in [0.2, 0.25) is 22.7 Å². The first-order chi connectivity index (χ1) is 16.3. The largest absolute Gasteiger partial charge is 0.495 e. The molecule has 0 radical (unpaired) electrons. The molecule has 0 spiro atoms. The monoisotopic (exact) mass is 489 g/mol. The number of methoxy groups -OCH3 is 1. The van der Waals surface area contributed by atoms with E-state index in [4.69, 9.17) is 14.2 Å². The molecule has 34 heavy (non-hydrogen) atoms. The highest BCUT2D eigenvalue weighted by Crippen LogP contribution is 2.33. The third-order valence-electron chi connectivity index (χ3n) is 6.17. The van der Waals surface area contributed by atoms with Gasteiger partial charge in [-0.15, -0.1) is 0 Å². The van der Waals surface area contributed by atoms with Crippen LogP contribution in [-0.4, -0.2) is 81.6 Å². The van der Waals surface area contributed by atoms with Crippen molar-refractivity contribution < 1.29 is 27.4 Å². The second kappa shape index (κ2) is 10.2. The number of aryl methyl sites for hydroxylation is 1. The average Bonchev–Trinajstić information content (AvgIpc) is 3.30. The predicted molar refractivity (Wildman–Crippen MR) is 127 cm³/mol. The van der Waals surface area contributed by atoms with E-state index in [1.165, 1.54) is 11.4 Å². The van der Waals surface area contributed by atoms with Crippen molar-refractivity contribution in [3.05, 3.63) is 47.5 Å². The number of ether oxygens (including phenoxy) is 3. The molecular weight excluding hydrogens is 458 g/mol. The van der Waals surface area contributed by atoms with Gasteiger partial charge in [-0.25, -0.2) is 8.42 Å². The summed E-state index contributed by atoms with van der Waals surface area (Å²) >= 11 is 0. The molecule has 2 aromatic carbocycles. The van der Waals surface area contributed by atoms with E-state index < -0.39 is 10.0 Å². The molecule has 2 heterocycles. The number of nitrogens with zero attached hydrogens (tertiary/aromatic N) is 3. The number of likely N-dealkylation sites (N-methyl/N-ethyl adjacent to an activating group) is 1. The minimum atomic E-state index is -3.88. The fourth-order valence-corrected chi connectivity index (χ4v) is 5.83. The minimum absolute atomic E-state index is 0.0817. The SMILES string of the molecule is CCN(CC(=O)N1CCN(Cc2ccc3c(c2)OCO3)CC1)S(=O)(=O)c1cc(C)ccc1OC. The lowest BCUT2D eigenvalue weighted by molar-refractivity contribution is -0.133. The first-order valence-corrected chi connectivity index (χ1v) is 12.8. The van der Waals surface area contributed by atoms with Crippen LogP contribution >= 0.6 is 0 Å². The number of sulfonamides is 1. The van der Waals surface area contributed by atoms with Crippen LogP contribution in [0.3, 0.4) is 0 Å². The first kappa shape index (κ1) is 24.3. The van der Waals surface area contributed by atoms with Crippen LogP contribution < -0.4 is 14.2 Å². The van der Waals surface area contributed by atoms with Crippen LogP contribution in [0.15, 0.2) is 41.3 Å². The second-order valence-corrected chi connectivity index (χ2v) is 10.3. The van der Waals surface area contributed by atoms with E-state index in [-0.39, 0.29) is 36.4 Å². The number of fused-ring (bicyclic) bond motifs is 1. The molecule has 1 amide bonds. The molecule has 1 saturated heterocycles. The summed E-state index contributed by atoms with van der Waals surface area (Å²) in [5, 5.41) is 0. The maximum Gasteiger partial charge on any atom is 0.247 e. The summed E-state index contributed by atoms with van der Waals surface area (Å²) in [5.74, 6) is 1.60. The number of carbonyl (C=O) groups is 1. The number of benzene rings is 2. The summed E-state index contributed by atoms with van der Waals surface area (Å²) in [5.41, 5.74) is 1.93. The maximum atomic E-state index is 13.3. The van der Waals surface area contributed by atoms with Crippen LogP contribution in [0.2, 0.25) is 0 Å². The Hall–Kier alpha value is -2.82. The number of hydrogen-bond donors (Lipinski definition) is 0. The van der Waals surface area contributed by atoms with E-state index in [1.807, 2.05) is 25.1 Å². The number of hydrogen-bond acceptors (Lipinski definition) is 7. The number of carbonyl (C=O) groups excluding carboxylic acids is 1. The molecule has 0 N–H and O–H groups in total. The van der Waals surface area contributed by atoms with Crippen molar-refractivity contribution in [3.63, 3.8) is 0 Å². The summed E-state index contributed by atoms with van der Waals surface area (Å²) in [6, 6.07) is 10.9. The maximum absolute atomic E-state index is 13.3. The third kappa shape index (κ3) is 5.13. The first-order valence-electron chi connectivity index (χ1n) is 11.3. The van der Waals surface area contributed by atoms with Gasteiger partial charge in [-0.2, -0.15) is 4.31 Å². The molecule has 4 rings (SSSR count). The van der Waals surface area contributed by atoms with E-state index in [1.54, 1.807) is 30.0 Å². The van der Waals surface area contributed by atoms with Gasteiger partial charge >= 0.3 is 0 Å². The molecule has 10 heteroatoms. The Labute approximate surface area is 200 Å². The molecule has 184 valence electrons. The standard InChI is InChI=1S/C24H31N3O6S/c1-4-27(34(29,30)23-13-18(2)5-7-21(23)31-3)16-24(28)26-11-9-25(10-12-26)15-19-6-8-20-22(14-19)33-17-32-20/h5-8,13-14H,4,9-12,15-17H2,1-3H3. The third-order valence-corrected chi connectivity index (χ3v) is 8.11. The smallest absolute Gasteiger partial charge is 0.247 e. The topological polar surface area (TPSA) is 88.6 Å². The van der Waals surface area contributed by atoms with Gasteiger partial charge in [0.1, 0.15) is 10.6 Å². The van der Waals surface area contributed by atoms with Crippen molar-refractivity contribution in [3.8, 4) is 17.2 Å². The molecule has 9 nitrogen and oxygen atoms in total. The van der Waals surface area contributed by atoms with E-state index in [0.29, 0.717) is 26.2 Å². The normalized spacial score (nSPS) is 16.2. The average molecular weight is 490 g/mol. The number of amides is 1. The van der Waals surface area contributed by atoms with Crippen molar-refractivity contribution in [1.82, 2.24) is 14.1 Å². The molecule has 0 aliphatic carbocycles. The van der Waals surface area contributed by atoms with Gasteiger partial charge in [-0.3, -0.25) is 9.69 Å². The Morgan fingerprint density at radius 2 is 1.79 bits per heavy atom. The number of rotatable bonds is 8. The van der Waals surface area contributed by atoms with Crippen LogP contribution in [-0.2, 0) is 21.4 Å². The molecule has 2 aliphatic heterocycles. The molecule has 2 aliphatic rings. The molecule has 0 atom stereocenters. The van der Waals surface area contributed by atoms with Crippen molar-refractivity contribution in [2.75, 3.05) is 53.2 Å². The lowest BCUT2D eigenvalue weighted by Gasteiger charge is -2.35. The fourth-order valence-electron chi connectivity index (χ4n) is 4.20. The van der Waals surface area contributed by atoms with Gasteiger partial charge in [0.05, 0.1) is 13.7 Å². The summed E-state index contributed by atoms with van der Waals surface area (Å²) in [7, 11) is -2.44. The second-order valence-electron chi connectivity index (χ2n) is 8.43. The Morgan fingerprint density at radius 1 is 1.06 bits per heavy atom. The van der Waals surface area contributed by atoms with Crippen LogP contribution in [0.4, 0.5) is 0 Å². The zero-order valence-corrected chi connectivity index (χ0v) is 20.6. The van der Waals surface area contributed by atoms with Crippen molar-refractivity contribution in [1.29, 1.82) is 0 Å². The summed E-state index contributed by atoms with van der Waals surface area (Å²) < 4.78 is 43.9. The zero-order chi connectivity index (χ0) is 24.3. The van der Waals surface area contributed by atoms with E-state index >= 15 is 0 Å². The Bertz CT molecular complexity index is 1150. The minimum Gasteiger partial charge on any atom is -0.495 e. The van der Waals surface area contributed by atoms with E-state index in [0.717, 1.165) is 29.2 Å². The highest BCUT2D eigenvalue weighted by Gasteiger charge is 2.31. The molecule has 2 aromatic rings. The highest BCUT2D eigenvalue weighted by molar-refractivity contribution is 7.89. The summed E-state index contributed by atoms with van der Waals surface area (Å²) in [6.45, 7) is 7.08. The summed E-state index contributed by atoms with van der Waals surface area (Å²) in [4.78, 5) is 17.1. The quantitative estimate of drug-likeness (QED) is 0.561. The van der Waals surface area contributed by atoms with Gasteiger partial charge in [-0.1, -0.05) is 19.1 Å². The van der Waals surface area contributed by atoms with Gasteiger partial charge in [-0.05, 0) is 42.3 Å². The van der Waals surface area contributed by atoms with Crippen molar-refractivity contribution in [2.24, 2.45) is 0 Å². The molecule has 0 bridgehead atoms. The van der Waals surface area contributed by atoms with Crippen LogP contribution in [0.25, 0.3) is 0 Å². The Kier molecular flexibility index (Phi) is 7.30. The summed E-state index contributed by atoms with van der Waals surface area (Å²) in [6.07, 6.45) is 0. The lowest BCUT2D eigenvalue weighted by atomic mass is 10.1. The van der Waals surface area contributed by atoms with Crippen molar-refractivity contribution in [2.45, 2.75) is 25.3 Å². The molecule has 0 unspecified atom stereocenters. The molecular formula is C24H31N3O6S. The highest BCUT2D eigenvalue weighted by atomic mass is 32.2. The molecule has 1 fully saturated rings.